The van der Waals surface area contributed by atoms with Crippen molar-refractivity contribution in [3.05, 3.63) is 60.2 Å². The van der Waals surface area contributed by atoms with E-state index in [1.165, 1.54) is 6.21 Å². The molecule has 6 heteroatoms. The predicted molar refractivity (Wildman–Crippen MR) is 88.4 cm³/mol. The molecule has 0 saturated carbocycles. The monoisotopic (exact) mass is 311 g/mol. The van der Waals surface area contributed by atoms with Crippen LogP contribution in [0.15, 0.2) is 59.7 Å². The number of amides is 2. The fourth-order valence-corrected chi connectivity index (χ4v) is 1.79. The van der Waals surface area contributed by atoms with Gasteiger partial charge in [0, 0.05) is 11.3 Å². The van der Waals surface area contributed by atoms with Gasteiger partial charge in [-0.15, -0.1) is 0 Å². The predicted octanol–water partition coefficient (Wildman–Crippen LogP) is 2.17. The number of anilines is 1. The zero-order valence-electron chi connectivity index (χ0n) is 12.7. The zero-order valence-corrected chi connectivity index (χ0v) is 12.7. The number of rotatable bonds is 5. The van der Waals surface area contributed by atoms with Gasteiger partial charge in [-0.25, -0.2) is 5.43 Å². The topological polar surface area (TPSA) is 79.8 Å². The fourth-order valence-electron chi connectivity index (χ4n) is 1.79. The molecule has 6 nitrogen and oxygen atoms in total. The first kappa shape index (κ1) is 16.2. The molecule has 0 spiro atoms. The van der Waals surface area contributed by atoms with Gasteiger partial charge in [-0.05, 0) is 31.2 Å². The molecule has 2 aromatic rings. The molecule has 0 aliphatic carbocycles. The molecule has 2 rings (SSSR count). The van der Waals surface area contributed by atoms with Gasteiger partial charge in [0.05, 0.1) is 12.8 Å². The van der Waals surface area contributed by atoms with Crippen LogP contribution in [-0.2, 0) is 9.59 Å². The van der Waals surface area contributed by atoms with Crippen molar-refractivity contribution in [2.45, 2.75) is 6.92 Å². The molecule has 0 heterocycles. The molecule has 0 bridgehead atoms. The Morgan fingerprint density at radius 2 is 1.74 bits per heavy atom. The van der Waals surface area contributed by atoms with Crippen molar-refractivity contribution in [3.8, 4) is 5.75 Å². The molecule has 2 amide bonds. The van der Waals surface area contributed by atoms with E-state index in [4.69, 9.17) is 4.74 Å². The van der Waals surface area contributed by atoms with E-state index in [1.807, 2.05) is 25.1 Å². The van der Waals surface area contributed by atoms with Crippen LogP contribution in [0.25, 0.3) is 0 Å². The standard InChI is InChI=1S/C17H17N3O3/c1-2-23-15-11-7-6-8-13(15)12-18-20-17(22)16(21)19-14-9-4-3-5-10-14/h3-12H,2H2,1H3,(H,19,21)(H,20,22)/b18-12+. The van der Waals surface area contributed by atoms with Crippen LogP contribution in [0.5, 0.6) is 5.75 Å². The van der Waals surface area contributed by atoms with Crippen LogP contribution in [-0.4, -0.2) is 24.6 Å². The van der Waals surface area contributed by atoms with E-state index in [-0.39, 0.29) is 0 Å². The van der Waals surface area contributed by atoms with Crippen LogP contribution in [0.3, 0.4) is 0 Å². The molecule has 2 N–H and O–H groups in total. The van der Waals surface area contributed by atoms with Crippen molar-refractivity contribution in [1.82, 2.24) is 5.43 Å². The Labute approximate surface area is 134 Å². The Morgan fingerprint density at radius 1 is 1.04 bits per heavy atom. The number of hydrazone groups is 1. The minimum absolute atomic E-state index is 0.524. The van der Waals surface area contributed by atoms with Crippen molar-refractivity contribution < 1.29 is 14.3 Å². The zero-order chi connectivity index (χ0) is 16.5. The molecule has 0 aromatic heterocycles. The van der Waals surface area contributed by atoms with Gasteiger partial charge in [-0.3, -0.25) is 9.59 Å². The van der Waals surface area contributed by atoms with Gasteiger partial charge < -0.3 is 10.1 Å². The molecular weight excluding hydrogens is 294 g/mol. The summed E-state index contributed by atoms with van der Waals surface area (Å²) in [6.07, 6.45) is 1.43. The van der Waals surface area contributed by atoms with E-state index < -0.39 is 11.8 Å². The van der Waals surface area contributed by atoms with Gasteiger partial charge in [0.2, 0.25) is 0 Å². The molecule has 0 atom stereocenters. The van der Waals surface area contributed by atoms with Crippen LogP contribution in [0.1, 0.15) is 12.5 Å². The highest BCUT2D eigenvalue weighted by atomic mass is 16.5. The van der Waals surface area contributed by atoms with Crippen molar-refractivity contribution >= 4 is 23.7 Å². The van der Waals surface area contributed by atoms with Gasteiger partial charge in [0.25, 0.3) is 0 Å². The molecule has 23 heavy (non-hydrogen) atoms. The average molecular weight is 311 g/mol. The number of nitrogens with zero attached hydrogens (tertiary/aromatic N) is 1. The summed E-state index contributed by atoms with van der Waals surface area (Å²) < 4.78 is 5.44. The first-order chi connectivity index (χ1) is 11.2. The summed E-state index contributed by atoms with van der Waals surface area (Å²) >= 11 is 0. The van der Waals surface area contributed by atoms with E-state index in [2.05, 4.69) is 15.8 Å². The highest BCUT2D eigenvalue weighted by Crippen LogP contribution is 2.15. The quantitative estimate of drug-likeness (QED) is 0.504. The number of para-hydroxylation sites is 2. The van der Waals surface area contributed by atoms with E-state index in [1.54, 1.807) is 36.4 Å². The molecule has 2 aromatic carbocycles. The Kier molecular flexibility index (Phi) is 5.88. The third-order valence-electron chi connectivity index (χ3n) is 2.83. The minimum atomic E-state index is -0.848. The number of carbonyl (C=O) groups is 2. The Morgan fingerprint density at radius 3 is 2.48 bits per heavy atom. The van der Waals surface area contributed by atoms with Crippen LogP contribution in [0.2, 0.25) is 0 Å². The van der Waals surface area contributed by atoms with Crippen molar-refractivity contribution in [2.24, 2.45) is 5.10 Å². The minimum Gasteiger partial charge on any atom is -0.493 e. The third-order valence-corrected chi connectivity index (χ3v) is 2.83. The Bertz CT molecular complexity index is 699. The lowest BCUT2D eigenvalue weighted by Gasteiger charge is -2.06. The molecule has 0 aliphatic rings. The smallest absolute Gasteiger partial charge is 0.329 e. The van der Waals surface area contributed by atoms with Gasteiger partial charge in [0.15, 0.2) is 0 Å². The largest absolute Gasteiger partial charge is 0.493 e. The SMILES string of the molecule is CCOc1ccccc1/C=N/NC(=O)C(=O)Nc1ccccc1. The van der Waals surface area contributed by atoms with Gasteiger partial charge in [0.1, 0.15) is 5.75 Å². The fraction of sp³-hybridized carbons (Fsp3) is 0.118. The normalized spacial score (nSPS) is 10.3. The molecule has 0 fully saturated rings. The molecule has 0 unspecified atom stereocenters. The maximum Gasteiger partial charge on any atom is 0.329 e. The molecule has 0 saturated heterocycles. The first-order valence-electron chi connectivity index (χ1n) is 7.12. The first-order valence-corrected chi connectivity index (χ1v) is 7.12. The Hall–Kier alpha value is -3.15. The van der Waals surface area contributed by atoms with Crippen molar-refractivity contribution in [1.29, 1.82) is 0 Å². The van der Waals surface area contributed by atoms with E-state index in [0.717, 1.165) is 0 Å². The highest BCUT2D eigenvalue weighted by molar-refractivity contribution is 6.39. The van der Waals surface area contributed by atoms with Crippen LogP contribution in [0.4, 0.5) is 5.69 Å². The number of benzene rings is 2. The number of ether oxygens (including phenoxy) is 1. The Balaban J connectivity index is 1.92. The number of nitrogens with one attached hydrogen (secondary N) is 2. The number of carbonyl (C=O) groups excluding carboxylic acids is 2. The maximum atomic E-state index is 11.7. The highest BCUT2D eigenvalue weighted by Gasteiger charge is 2.12. The van der Waals surface area contributed by atoms with Crippen molar-refractivity contribution in [2.75, 3.05) is 11.9 Å². The molecule has 118 valence electrons. The summed E-state index contributed by atoms with van der Waals surface area (Å²) in [5.41, 5.74) is 3.43. The van der Waals surface area contributed by atoms with Gasteiger partial charge >= 0.3 is 11.8 Å². The second kappa shape index (κ2) is 8.33. The summed E-state index contributed by atoms with van der Waals surface area (Å²) in [6, 6.07) is 16.0. The second-order valence-electron chi connectivity index (χ2n) is 4.49. The van der Waals surface area contributed by atoms with E-state index in [0.29, 0.717) is 23.6 Å². The van der Waals surface area contributed by atoms with Crippen LogP contribution in [0, 0.1) is 0 Å². The van der Waals surface area contributed by atoms with Gasteiger partial charge in [-0.2, -0.15) is 5.10 Å². The second-order valence-corrected chi connectivity index (χ2v) is 4.49. The van der Waals surface area contributed by atoms with Crippen LogP contribution >= 0.6 is 0 Å². The van der Waals surface area contributed by atoms with Crippen LogP contribution < -0.4 is 15.5 Å². The molecule has 0 aliphatic heterocycles. The van der Waals surface area contributed by atoms with Crippen molar-refractivity contribution in [3.63, 3.8) is 0 Å². The lowest BCUT2D eigenvalue weighted by molar-refractivity contribution is -0.136. The maximum absolute atomic E-state index is 11.7. The lowest BCUT2D eigenvalue weighted by Crippen LogP contribution is -2.32. The number of hydrogen-bond acceptors (Lipinski definition) is 4. The third kappa shape index (κ3) is 4.96. The summed E-state index contributed by atoms with van der Waals surface area (Å²) in [4.78, 5) is 23.4. The summed E-state index contributed by atoms with van der Waals surface area (Å²) in [6.45, 7) is 2.40. The summed E-state index contributed by atoms with van der Waals surface area (Å²) in [5, 5.41) is 6.25. The number of hydrogen-bond donors (Lipinski definition) is 2. The lowest BCUT2D eigenvalue weighted by atomic mass is 10.2. The molecular formula is C17H17N3O3. The molecule has 0 radical (unpaired) electrons. The van der Waals surface area contributed by atoms with E-state index in [9.17, 15) is 9.59 Å². The average Bonchev–Trinajstić information content (AvgIpc) is 2.57. The van der Waals surface area contributed by atoms with E-state index >= 15 is 0 Å². The summed E-state index contributed by atoms with van der Waals surface area (Å²) in [7, 11) is 0. The summed E-state index contributed by atoms with van der Waals surface area (Å²) in [5.74, 6) is -0.979. The van der Waals surface area contributed by atoms with Gasteiger partial charge in [-0.1, -0.05) is 30.3 Å².